The number of benzene rings is 2. The second-order valence-electron chi connectivity index (χ2n) is 6.90. The van der Waals surface area contributed by atoms with Crippen molar-refractivity contribution >= 4 is 0 Å². The van der Waals surface area contributed by atoms with Gasteiger partial charge in [-0.05, 0) is 62.3 Å². The van der Waals surface area contributed by atoms with Crippen molar-refractivity contribution in [3.05, 3.63) is 65.7 Å². The average Bonchev–Trinajstić information content (AvgIpc) is 2.75. The molecule has 0 aliphatic rings. The Kier molecular flexibility index (Phi) is 10.2. The molecule has 0 bridgehead atoms. The molecule has 1 N–H and O–H groups in total. The molecule has 0 amide bonds. The molecule has 1 atom stereocenters. The Morgan fingerprint density at radius 3 is 2.25 bits per heavy atom. The lowest BCUT2D eigenvalue weighted by Gasteiger charge is -2.17. The van der Waals surface area contributed by atoms with Gasteiger partial charge in [-0.3, -0.25) is 0 Å². The van der Waals surface area contributed by atoms with Gasteiger partial charge in [-0.15, -0.1) is 0 Å². The normalized spacial score (nSPS) is 11.7. The smallest absolute Gasteiger partial charge is 0.140 e. The third kappa shape index (κ3) is 8.17. The fourth-order valence-corrected chi connectivity index (χ4v) is 3.02. The van der Waals surface area contributed by atoms with Gasteiger partial charge in [0, 0.05) is 5.56 Å². The van der Waals surface area contributed by atoms with E-state index >= 15 is 0 Å². The maximum atomic E-state index is 10.2. The van der Waals surface area contributed by atoms with E-state index in [1.165, 1.54) is 25.8 Å². The molecule has 0 heterocycles. The Bertz CT molecular complexity index is 712. The molecule has 150 valence electrons. The van der Waals surface area contributed by atoms with Crippen LogP contribution in [0.4, 0.5) is 0 Å². The van der Waals surface area contributed by atoms with Gasteiger partial charge in [0.2, 0.25) is 0 Å². The zero-order chi connectivity index (χ0) is 20.0. The van der Waals surface area contributed by atoms with Crippen LogP contribution < -0.4 is 4.74 Å². The van der Waals surface area contributed by atoms with E-state index < -0.39 is 6.10 Å². The minimum absolute atomic E-state index is 0.737. The first kappa shape index (κ1) is 22.0. The highest BCUT2D eigenvalue weighted by molar-refractivity contribution is 5.37. The van der Waals surface area contributed by atoms with Gasteiger partial charge >= 0.3 is 0 Å². The quantitative estimate of drug-likeness (QED) is 0.438. The van der Waals surface area contributed by atoms with Crippen molar-refractivity contribution in [3.8, 4) is 17.6 Å². The molecule has 0 aromatic heterocycles. The molecule has 2 rings (SSSR count). The molecular weight excluding hydrogens is 346 g/mol. The van der Waals surface area contributed by atoms with Crippen LogP contribution in [0.2, 0.25) is 0 Å². The average molecular weight is 380 g/mol. The van der Waals surface area contributed by atoms with Crippen molar-refractivity contribution in [1.82, 2.24) is 4.90 Å². The fraction of sp³-hybridized carbons (Fsp3) is 0.440. The van der Waals surface area contributed by atoms with E-state index in [1.807, 2.05) is 54.6 Å². The van der Waals surface area contributed by atoms with Crippen LogP contribution in [-0.2, 0) is 0 Å². The van der Waals surface area contributed by atoms with E-state index in [1.54, 1.807) is 0 Å². The highest BCUT2D eigenvalue weighted by Crippen LogP contribution is 2.18. The molecule has 0 saturated carbocycles. The van der Waals surface area contributed by atoms with Gasteiger partial charge in [-0.25, -0.2) is 0 Å². The molecule has 28 heavy (non-hydrogen) atoms. The third-order valence-electron chi connectivity index (χ3n) is 4.85. The molecule has 0 fully saturated rings. The SMILES string of the molecule is CCN(CC)CCCCCCOc1ccc(C(O)C#Cc2ccccc2)cc1. The lowest BCUT2D eigenvalue weighted by molar-refractivity contribution is 0.238. The highest BCUT2D eigenvalue weighted by atomic mass is 16.5. The summed E-state index contributed by atoms with van der Waals surface area (Å²) in [5.74, 6) is 6.72. The summed E-state index contributed by atoms with van der Waals surface area (Å²) in [6.45, 7) is 8.66. The Labute approximate surface area is 170 Å². The van der Waals surface area contributed by atoms with Crippen LogP contribution >= 0.6 is 0 Å². The van der Waals surface area contributed by atoms with Gasteiger partial charge in [0.1, 0.15) is 11.9 Å². The molecule has 0 aliphatic heterocycles. The summed E-state index contributed by atoms with van der Waals surface area (Å²) in [6.07, 6.45) is 4.00. The number of ether oxygens (including phenoxy) is 1. The Hall–Kier alpha value is -2.28. The molecule has 2 aromatic rings. The van der Waals surface area contributed by atoms with Crippen molar-refractivity contribution in [2.75, 3.05) is 26.2 Å². The summed E-state index contributed by atoms with van der Waals surface area (Å²) in [5.41, 5.74) is 1.69. The standard InChI is InChI=1S/C25H33NO2/c1-3-26(4-2)20-10-5-6-11-21-28-24-17-15-23(16-18-24)25(27)19-14-22-12-8-7-9-13-22/h7-9,12-13,15-18,25,27H,3-6,10-11,20-21H2,1-2H3. The molecule has 1 unspecified atom stereocenters. The van der Waals surface area contributed by atoms with Crippen molar-refractivity contribution in [2.45, 2.75) is 45.6 Å². The molecule has 3 heteroatoms. The van der Waals surface area contributed by atoms with Crippen molar-refractivity contribution in [1.29, 1.82) is 0 Å². The van der Waals surface area contributed by atoms with Gasteiger partial charge in [0.15, 0.2) is 0 Å². The van der Waals surface area contributed by atoms with Gasteiger partial charge in [0.05, 0.1) is 6.61 Å². The van der Waals surface area contributed by atoms with Gasteiger partial charge in [-0.1, -0.05) is 68.9 Å². The second kappa shape index (κ2) is 13.0. The van der Waals surface area contributed by atoms with E-state index in [4.69, 9.17) is 4.74 Å². The first-order valence-corrected chi connectivity index (χ1v) is 10.4. The number of aliphatic hydroxyl groups excluding tert-OH is 1. The van der Waals surface area contributed by atoms with Crippen LogP contribution in [0.3, 0.4) is 0 Å². The first-order valence-electron chi connectivity index (χ1n) is 10.4. The summed E-state index contributed by atoms with van der Waals surface area (Å²) in [7, 11) is 0. The number of nitrogens with zero attached hydrogens (tertiary/aromatic N) is 1. The predicted molar refractivity (Wildman–Crippen MR) is 116 cm³/mol. The maximum Gasteiger partial charge on any atom is 0.140 e. The minimum atomic E-state index is -0.792. The number of aliphatic hydroxyl groups is 1. The van der Waals surface area contributed by atoms with E-state index in [0.717, 1.165) is 43.0 Å². The molecule has 0 spiro atoms. The van der Waals surface area contributed by atoms with Gasteiger partial charge in [0.25, 0.3) is 0 Å². The Balaban J connectivity index is 1.66. The largest absolute Gasteiger partial charge is 0.494 e. The van der Waals surface area contributed by atoms with Crippen LogP contribution in [-0.4, -0.2) is 36.2 Å². The van der Waals surface area contributed by atoms with Crippen LogP contribution in [0.5, 0.6) is 5.75 Å². The number of unbranched alkanes of at least 4 members (excludes halogenated alkanes) is 3. The van der Waals surface area contributed by atoms with Crippen LogP contribution in [0.1, 0.15) is 56.8 Å². The molecule has 2 aromatic carbocycles. The number of hydrogen-bond donors (Lipinski definition) is 1. The first-order chi connectivity index (χ1) is 13.7. The maximum absolute atomic E-state index is 10.2. The summed E-state index contributed by atoms with van der Waals surface area (Å²) < 4.78 is 5.81. The molecule has 0 aliphatic carbocycles. The lowest BCUT2D eigenvalue weighted by atomic mass is 10.1. The topological polar surface area (TPSA) is 32.7 Å². The van der Waals surface area contributed by atoms with E-state index in [-0.39, 0.29) is 0 Å². The molecule has 0 radical (unpaired) electrons. The van der Waals surface area contributed by atoms with Gasteiger partial charge < -0.3 is 14.7 Å². The van der Waals surface area contributed by atoms with Gasteiger partial charge in [-0.2, -0.15) is 0 Å². The van der Waals surface area contributed by atoms with Crippen molar-refractivity contribution in [3.63, 3.8) is 0 Å². The third-order valence-corrected chi connectivity index (χ3v) is 4.85. The second-order valence-corrected chi connectivity index (χ2v) is 6.90. The predicted octanol–water partition coefficient (Wildman–Crippen LogP) is 5.05. The number of rotatable bonds is 11. The Morgan fingerprint density at radius 2 is 1.57 bits per heavy atom. The molecule has 0 saturated heterocycles. The summed E-state index contributed by atoms with van der Waals surface area (Å²) in [4.78, 5) is 2.47. The van der Waals surface area contributed by atoms with Crippen LogP contribution in [0.15, 0.2) is 54.6 Å². The summed E-state index contributed by atoms with van der Waals surface area (Å²) >= 11 is 0. The van der Waals surface area contributed by atoms with Crippen molar-refractivity contribution < 1.29 is 9.84 Å². The fourth-order valence-electron chi connectivity index (χ4n) is 3.02. The monoisotopic (exact) mass is 379 g/mol. The van der Waals surface area contributed by atoms with E-state index in [0.29, 0.717) is 0 Å². The summed E-state index contributed by atoms with van der Waals surface area (Å²) in [5, 5.41) is 10.2. The Morgan fingerprint density at radius 1 is 0.893 bits per heavy atom. The zero-order valence-corrected chi connectivity index (χ0v) is 17.2. The zero-order valence-electron chi connectivity index (χ0n) is 17.2. The molecule has 3 nitrogen and oxygen atoms in total. The minimum Gasteiger partial charge on any atom is -0.494 e. The van der Waals surface area contributed by atoms with Crippen LogP contribution in [0.25, 0.3) is 0 Å². The molecular formula is C25H33NO2. The van der Waals surface area contributed by atoms with E-state index in [2.05, 4.69) is 30.6 Å². The van der Waals surface area contributed by atoms with E-state index in [9.17, 15) is 5.11 Å². The van der Waals surface area contributed by atoms with Crippen LogP contribution in [0, 0.1) is 11.8 Å². The lowest BCUT2D eigenvalue weighted by Crippen LogP contribution is -2.23. The van der Waals surface area contributed by atoms with Crippen molar-refractivity contribution in [2.24, 2.45) is 0 Å². The number of hydrogen-bond acceptors (Lipinski definition) is 3. The highest BCUT2D eigenvalue weighted by Gasteiger charge is 2.04. The summed E-state index contributed by atoms with van der Waals surface area (Å²) in [6, 6.07) is 17.3.